The molecule has 262 valence electrons. The summed E-state index contributed by atoms with van der Waals surface area (Å²) in [5, 5.41) is 0. The number of hydrogen-bond donors (Lipinski definition) is 0. The van der Waals surface area contributed by atoms with Crippen molar-refractivity contribution in [1.29, 1.82) is 0 Å². The summed E-state index contributed by atoms with van der Waals surface area (Å²) >= 11 is 0. The molecular formula is C50H62. The average molecular weight is 663 g/mol. The van der Waals surface area contributed by atoms with Gasteiger partial charge in [-0.05, 0) is 141 Å². The molecule has 1 aromatic carbocycles. The van der Waals surface area contributed by atoms with Crippen molar-refractivity contribution in [2.45, 2.75) is 120 Å². The molecule has 0 heteroatoms. The van der Waals surface area contributed by atoms with Gasteiger partial charge in [0, 0.05) is 23.2 Å². The second-order valence-corrected chi connectivity index (χ2v) is 21.5. The number of rotatable bonds is 0. The molecule has 9 atom stereocenters. The molecule has 10 rings (SSSR count). The summed E-state index contributed by atoms with van der Waals surface area (Å²) in [5.74, 6) is 5.84. The van der Waals surface area contributed by atoms with Gasteiger partial charge in [0.15, 0.2) is 0 Å². The molecule has 0 spiro atoms. The van der Waals surface area contributed by atoms with Crippen molar-refractivity contribution in [3.05, 3.63) is 104 Å². The highest BCUT2D eigenvalue weighted by molar-refractivity contribution is 5.88. The molecule has 9 aliphatic rings. The first kappa shape index (κ1) is 32.1. The van der Waals surface area contributed by atoms with E-state index in [1.54, 1.807) is 27.8 Å². The molecule has 1 aromatic rings. The normalized spacial score (nSPS) is 38.2. The van der Waals surface area contributed by atoms with Gasteiger partial charge < -0.3 is 0 Å². The average Bonchev–Trinajstić information content (AvgIpc) is 3.47. The summed E-state index contributed by atoms with van der Waals surface area (Å²) < 4.78 is 0. The molecule has 0 aromatic heterocycles. The third-order valence-corrected chi connectivity index (χ3v) is 16.5. The lowest BCUT2D eigenvalue weighted by Gasteiger charge is -2.61. The van der Waals surface area contributed by atoms with Crippen LogP contribution in [0.1, 0.15) is 130 Å². The van der Waals surface area contributed by atoms with Crippen molar-refractivity contribution in [3.63, 3.8) is 0 Å². The van der Waals surface area contributed by atoms with Crippen LogP contribution in [-0.4, -0.2) is 0 Å². The molecule has 0 amide bonds. The van der Waals surface area contributed by atoms with E-state index in [-0.39, 0.29) is 16.2 Å². The molecule has 0 saturated heterocycles. The first-order valence-corrected chi connectivity index (χ1v) is 20.7. The Kier molecular flexibility index (Phi) is 6.47. The van der Waals surface area contributed by atoms with Crippen LogP contribution >= 0.6 is 0 Å². The maximum atomic E-state index is 2.86. The van der Waals surface area contributed by atoms with Crippen LogP contribution < -0.4 is 0 Å². The largest absolute Gasteiger partial charge is 0.0879 e. The molecule has 0 nitrogen and oxygen atoms in total. The quantitative estimate of drug-likeness (QED) is 0.243. The molecular weight excluding hydrogens is 601 g/mol. The van der Waals surface area contributed by atoms with Gasteiger partial charge >= 0.3 is 0 Å². The van der Waals surface area contributed by atoms with E-state index < -0.39 is 0 Å². The van der Waals surface area contributed by atoms with E-state index in [1.807, 2.05) is 27.9 Å². The van der Waals surface area contributed by atoms with Gasteiger partial charge in [-0.1, -0.05) is 141 Å². The Balaban J connectivity index is 1.29. The summed E-state index contributed by atoms with van der Waals surface area (Å²) in [6.07, 6.45) is 27.0. The van der Waals surface area contributed by atoms with Crippen LogP contribution in [0.4, 0.5) is 0 Å². The summed E-state index contributed by atoms with van der Waals surface area (Å²) in [7, 11) is 0. The van der Waals surface area contributed by atoms with Crippen molar-refractivity contribution in [2.75, 3.05) is 0 Å². The summed E-state index contributed by atoms with van der Waals surface area (Å²) in [4.78, 5) is 0. The molecule has 9 unspecified atom stereocenters. The molecule has 50 heavy (non-hydrogen) atoms. The fraction of sp³-hybridized carbons (Fsp3) is 0.600. The molecule has 1 saturated carbocycles. The molecule has 0 N–H and O–H groups in total. The Morgan fingerprint density at radius 2 is 1.62 bits per heavy atom. The van der Waals surface area contributed by atoms with Gasteiger partial charge in [-0.2, -0.15) is 0 Å². The minimum atomic E-state index is 0.0577. The van der Waals surface area contributed by atoms with Crippen molar-refractivity contribution in [2.24, 2.45) is 69.5 Å². The van der Waals surface area contributed by atoms with Crippen molar-refractivity contribution in [1.82, 2.24) is 0 Å². The topological polar surface area (TPSA) is 0 Å². The third kappa shape index (κ3) is 4.01. The van der Waals surface area contributed by atoms with Gasteiger partial charge in [0.2, 0.25) is 0 Å². The van der Waals surface area contributed by atoms with Crippen LogP contribution in [0.3, 0.4) is 0 Å². The van der Waals surface area contributed by atoms with E-state index in [0.29, 0.717) is 46.8 Å². The molecule has 0 heterocycles. The lowest BCUT2D eigenvalue weighted by Crippen LogP contribution is -2.53. The molecule has 0 bridgehead atoms. The Hall–Kier alpha value is -2.60. The van der Waals surface area contributed by atoms with E-state index in [2.05, 4.69) is 124 Å². The van der Waals surface area contributed by atoms with Crippen molar-refractivity contribution < 1.29 is 0 Å². The van der Waals surface area contributed by atoms with Crippen molar-refractivity contribution in [3.8, 4) is 0 Å². The van der Waals surface area contributed by atoms with Gasteiger partial charge in [0.1, 0.15) is 0 Å². The van der Waals surface area contributed by atoms with Gasteiger partial charge in [-0.25, -0.2) is 0 Å². The maximum absolute atomic E-state index is 2.86. The molecule has 9 aliphatic carbocycles. The molecule has 1 fully saturated rings. The highest BCUT2D eigenvalue weighted by atomic mass is 14.7. The first-order valence-electron chi connectivity index (χ1n) is 20.7. The summed E-state index contributed by atoms with van der Waals surface area (Å²) in [6, 6.07) is 5.06. The van der Waals surface area contributed by atoms with Gasteiger partial charge in [-0.3, -0.25) is 0 Å². The van der Waals surface area contributed by atoms with E-state index in [0.717, 1.165) is 11.8 Å². The number of benzene rings is 1. The SMILES string of the molecule is CC(C)(C)C1=CC2=C3C(C1)C1=C(c4c(ccc5c4CCC=C5)C1(C)C)C1CC(C(C)(C)C)CC(C31)C1C2C2=C(C=CC3C=CCCC23)C1(C)C. The van der Waals surface area contributed by atoms with Crippen LogP contribution in [-0.2, 0) is 11.8 Å². The number of fused-ring (bicyclic) bond motifs is 12. The number of allylic oxidation sites excluding steroid dienone is 13. The minimum Gasteiger partial charge on any atom is -0.0879 e. The van der Waals surface area contributed by atoms with Gasteiger partial charge in [-0.15, -0.1) is 0 Å². The predicted molar refractivity (Wildman–Crippen MR) is 211 cm³/mol. The summed E-state index contributed by atoms with van der Waals surface area (Å²) in [5.41, 5.74) is 20.1. The lowest BCUT2D eigenvalue weighted by molar-refractivity contribution is -0.000685. The van der Waals surface area contributed by atoms with Gasteiger partial charge in [0.25, 0.3) is 0 Å². The van der Waals surface area contributed by atoms with Crippen LogP contribution in [0.2, 0.25) is 0 Å². The van der Waals surface area contributed by atoms with Crippen LogP contribution in [0.5, 0.6) is 0 Å². The standard InChI is InChI=1S/C50H62/c1-47(2,3)29-23-33-39-35(25-29)45-44(42-32-18-14-12-16-28(32)20-22-38(42)49(45,7)8)34-24-30(48(4,5)6)26-36(40(34)39)46-43(33)41-31-17-13-11-15-27(31)19-21-37(41)50(46,9)10/h11-12,15-16,19-23,27,30-31,34-36,40,43,46H,13-14,17-18,24-26H2,1-10H3. The number of hydrogen-bond acceptors (Lipinski definition) is 0. The fourth-order valence-corrected chi connectivity index (χ4v) is 14.3. The van der Waals surface area contributed by atoms with E-state index in [4.69, 9.17) is 0 Å². The monoisotopic (exact) mass is 662 g/mol. The molecule has 0 radical (unpaired) electrons. The van der Waals surface area contributed by atoms with E-state index in [1.165, 1.54) is 50.5 Å². The Morgan fingerprint density at radius 1 is 0.820 bits per heavy atom. The second kappa shape index (κ2) is 10.1. The minimum absolute atomic E-state index is 0.0577. The molecule has 0 aliphatic heterocycles. The highest BCUT2D eigenvalue weighted by Crippen LogP contribution is 2.74. The zero-order valence-electron chi connectivity index (χ0n) is 32.8. The predicted octanol–water partition coefficient (Wildman–Crippen LogP) is 13.0. The Bertz CT molecular complexity index is 1940. The lowest BCUT2D eigenvalue weighted by atomic mass is 9.43. The van der Waals surface area contributed by atoms with E-state index >= 15 is 0 Å². The van der Waals surface area contributed by atoms with Crippen LogP contribution in [0, 0.1) is 69.5 Å². The second-order valence-electron chi connectivity index (χ2n) is 21.5. The maximum Gasteiger partial charge on any atom is 0.0123 e. The third-order valence-electron chi connectivity index (χ3n) is 16.5. The van der Waals surface area contributed by atoms with Gasteiger partial charge in [0.05, 0.1) is 0 Å². The highest BCUT2D eigenvalue weighted by Gasteiger charge is 2.65. The summed E-state index contributed by atoms with van der Waals surface area (Å²) in [6.45, 7) is 25.9. The Morgan fingerprint density at radius 3 is 2.38 bits per heavy atom. The first-order chi connectivity index (χ1) is 23.6. The van der Waals surface area contributed by atoms with Crippen LogP contribution in [0.15, 0.2) is 82.0 Å². The van der Waals surface area contributed by atoms with Crippen molar-refractivity contribution >= 4 is 11.6 Å². The fourth-order valence-electron chi connectivity index (χ4n) is 14.3. The zero-order chi connectivity index (χ0) is 34.9. The van der Waals surface area contributed by atoms with E-state index in [9.17, 15) is 0 Å². The van der Waals surface area contributed by atoms with Crippen LogP contribution in [0.25, 0.3) is 11.6 Å². The zero-order valence-corrected chi connectivity index (χ0v) is 32.8. The Labute approximate surface area is 304 Å². The smallest absolute Gasteiger partial charge is 0.0123 e.